The third-order valence-electron chi connectivity index (χ3n) is 2.14. The first-order chi connectivity index (χ1) is 6.82. The highest BCUT2D eigenvalue weighted by Gasteiger charge is 2.24. The Labute approximate surface area is 87.8 Å². The van der Waals surface area contributed by atoms with Crippen LogP contribution in [0.4, 0.5) is 4.39 Å². The molecule has 5 heteroatoms. The van der Waals surface area contributed by atoms with Gasteiger partial charge in [0.15, 0.2) is 15.6 Å². The number of carbonyl (C=O) groups is 1. The monoisotopic (exact) mass is 230 g/mol. The zero-order valence-corrected chi connectivity index (χ0v) is 9.21. The first-order valence-corrected chi connectivity index (χ1v) is 6.26. The van der Waals surface area contributed by atoms with Gasteiger partial charge in [-0.05, 0) is 31.2 Å². The van der Waals surface area contributed by atoms with E-state index in [0.717, 1.165) is 18.4 Å². The van der Waals surface area contributed by atoms with E-state index in [4.69, 9.17) is 0 Å². The van der Waals surface area contributed by atoms with E-state index >= 15 is 0 Å². The van der Waals surface area contributed by atoms with Crippen molar-refractivity contribution >= 4 is 15.6 Å². The lowest BCUT2D eigenvalue weighted by molar-refractivity contribution is 0.0991. The maximum atomic E-state index is 12.6. The van der Waals surface area contributed by atoms with Crippen LogP contribution in [-0.2, 0) is 9.84 Å². The van der Waals surface area contributed by atoms with Crippen LogP contribution in [0.2, 0.25) is 0 Å². The number of rotatable bonds is 3. The zero-order valence-electron chi connectivity index (χ0n) is 8.40. The summed E-state index contributed by atoms with van der Waals surface area (Å²) >= 11 is 0. The molecule has 1 aromatic carbocycles. The van der Waals surface area contributed by atoms with Crippen molar-refractivity contribution in [1.82, 2.24) is 0 Å². The Bertz CT molecular complexity index is 462. The molecule has 0 saturated heterocycles. The summed E-state index contributed by atoms with van der Waals surface area (Å²) in [5.41, 5.74) is 0.203. The van der Waals surface area contributed by atoms with Crippen LogP contribution in [0.3, 0.4) is 0 Å². The number of hydrogen-bond acceptors (Lipinski definition) is 3. The quantitative estimate of drug-likeness (QED) is 0.738. The Hall–Kier alpha value is -1.23. The van der Waals surface area contributed by atoms with E-state index in [1.165, 1.54) is 19.1 Å². The smallest absolute Gasteiger partial charge is 0.180 e. The highest BCUT2D eigenvalue weighted by atomic mass is 32.2. The van der Waals surface area contributed by atoms with E-state index in [1.54, 1.807) is 0 Å². The normalized spacial score (nSPS) is 13.5. The van der Waals surface area contributed by atoms with Gasteiger partial charge in [0.1, 0.15) is 11.1 Å². The molecule has 0 aliphatic heterocycles. The number of Topliss-reactive ketones (excluding diaryl/α,β-unsaturated/α-hetero) is 1. The molecule has 0 amide bonds. The molecule has 3 nitrogen and oxygen atoms in total. The Balaban J connectivity index is 3.01. The van der Waals surface area contributed by atoms with E-state index in [0.29, 0.717) is 0 Å². The molecule has 0 aliphatic carbocycles. The largest absolute Gasteiger partial charge is 0.293 e. The van der Waals surface area contributed by atoms with Crippen molar-refractivity contribution in [3.8, 4) is 0 Å². The molecule has 1 rings (SSSR count). The molecule has 0 bridgehead atoms. The molecule has 0 aromatic heterocycles. The Morgan fingerprint density at radius 1 is 1.27 bits per heavy atom. The van der Waals surface area contributed by atoms with Gasteiger partial charge in [0, 0.05) is 11.8 Å². The maximum absolute atomic E-state index is 12.6. The lowest BCUT2D eigenvalue weighted by Gasteiger charge is -2.07. The fourth-order valence-electron chi connectivity index (χ4n) is 1.04. The van der Waals surface area contributed by atoms with Gasteiger partial charge in [0.2, 0.25) is 0 Å². The first-order valence-electron chi connectivity index (χ1n) is 4.31. The zero-order chi connectivity index (χ0) is 11.6. The average Bonchev–Trinajstić information content (AvgIpc) is 2.15. The van der Waals surface area contributed by atoms with Gasteiger partial charge in [-0.15, -0.1) is 0 Å². The van der Waals surface area contributed by atoms with Gasteiger partial charge < -0.3 is 0 Å². The number of halogens is 1. The predicted octanol–water partition coefficient (Wildman–Crippen LogP) is 1.44. The predicted molar refractivity (Wildman–Crippen MR) is 55.0 cm³/mol. The Morgan fingerprint density at radius 3 is 2.13 bits per heavy atom. The van der Waals surface area contributed by atoms with Gasteiger partial charge in [-0.3, -0.25) is 4.79 Å². The third kappa shape index (κ3) is 2.86. The minimum absolute atomic E-state index is 0.203. The number of carbonyl (C=O) groups excluding carboxylic acids is 1. The van der Waals surface area contributed by atoms with Crippen LogP contribution in [0, 0.1) is 5.82 Å². The summed E-state index contributed by atoms with van der Waals surface area (Å²) in [5, 5.41) is -1.09. The Morgan fingerprint density at radius 2 is 1.73 bits per heavy atom. The SMILES string of the molecule is C[C@@H](C(=O)c1ccc(F)cc1)S(C)(=O)=O. The van der Waals surface area contributed by atoms with Crippen molar-refractivity contribution in [2.24, 2.45) is 0 Å². The molecule has 0 spiro atoms. The van der Waals surface area contributed by atoms with Gasteiger partial charge in [0.05, 0.1) is 0 Å². The van der Waals surface area contributed by atoms with Crippen molar-refractivity contribution in [1.29, 1.82) is 0 Å². The van der Waals surface area contributed by atoms with Crippen LogP contribution < -0.4 is 0 Å². The minimum atomic E-state index is -3.40. The van der Waals surface area contributed by atoms with Gasteiger partial charge >= 0.3 is 0 Å². The van der Waals surface area contributed by atoms with Crippen LogP contribution >= 0.6 is 0 Å². The van der Waals surface area contributed by atoms with Crippen molar-refractivity contribution < 1.29 is 17.6 Å². The highest BCUT2D eigenvalue weighted by Crippen LogP contribution is 2.10. The fourth-order valence-corrected chi connectivity index (χ4v) is 1.57. The minimum Gasteiger partial charge on any atom is -0.293 e. The molecular weight excluding hydrogens is 219 g/mol. The lowest BCUT2D eigenvalue weighted by atomic mass is 10.1. The molecule has 0 aliphatic rings. The standard InChI is InChI=1S/C10H11FO3S/c1-7(15(2,13)14)10(12)8-3-5-9(11)6-4-8/h3-7H,1-2H3/t7-/m0/s1. The number of hydrogen-bond donors (Lipinski definition) is 0. The molecule has 1 aromatic rings. The second-order valence-electron chi connectivity index (χ2n) is 3.34. The van der Waals surface area contributed by atoms with Crippen molar-refractivity contribution in [3.05, 3.63) is 35.6 Å². The highest BCUT2D eigenvalue weighted by molar-refractivity contribution is 7.92. The summed E-state index contributed by atoms with van der Waals surface area (Å²) in [5.74, 6) is -0.976. The molecule has 82 valence electrons. The summed E-state index contributed by atoms with van der Waals surface area (Å²) in [6, 6.07) is 4.81. The number of sulfone groups is 1. The molecular formula is C10H11FO3S. The molecule has 0 unspecified atom stereocenters. The van der Waals surface area contributed by atoms with Gasteiger partial charge in [-0.1, -0.05) is 0 Å². The van der Waals surface area contributed by atoms with E-state index in [1.807, 2.05) is 0 Å². The van der Waals surface area contributed by atoms with Gasteiger partial charge in [0.25, 0.3) is 0 Å². The second kappa shape index (κ2) is 4.10. The van der Waals surface area contributed by atoms with Crippen molar-refractivity contribution in [2.75, 3.05) is 6.26 Å². The van der Waals surface area contributed by atoms with Crippen molar-refractivity contribution in [3.63, 3.8) is 0 Å². The molecule has 0 heterocycles. The van der Waals surface area contributed by atoms with Gasteiger partial charge in [-0.25, -0.2) is 12.8 Å². The first kappa shape index (κ1) is 11.8. The van der Waals surface area contributed by atoms with Crippen LogP contribution in [0.25, 0.3) is 0 Å². The topological polar surface area (TPSA) is 51.2 Å². The van der Waals surface area contributed by atoms with Crippen LogP contribution in [0.1, 0.15) is 17.3 Å². The molecule has 15 heavy (non-hydrogen) atoms. The van der Waals surface area contributed by atoms with E-state index in [9.17, 15) is 17.6 Å². The summed E-state index contributed by atoms with van der Waals surface area (Å²) in [6.45, 7) is 1.32. The number of ketones is 1. The van der Waals surface area contributed by atoms with E-state index < -0.39 is 26.7 Å². The summed E-state index contributed by atoms with van der Waals surface area (Å²) in [7, 11) is -3.40. The molecule has 0 fully saturated rings. The number of benzene rings is 1. The molecule has 0 saturated carbocycles. The maximum Gasteiger partial charge on any atom is 0.180 e. The average molecular weight is 230 g/mol. The summed E-state index contributed by atoms with van der Waals surface area (Å²) in [6.07, 6.45) is 0.999. The van der Waals surface area contributed by atoms with E-state index in [-0.39, 0.29) is 5.56 Å². The second-order valence-corrected chi connectivity index (χ2v) is 5.71. The van der Waals surface area contributed by atoms with Crippen LogP contribution in [0.5, 0.6) is 0 Å². The summed E-state index contributed by atoms with van der Waals surface area (Å²) in [4.78, 5) is 11.6. The lowest BCUT2D eigenvalue weighted by Crippen LogP contribution is -2.26. The Kier molecular flexibility index (Phi) is 3.24. The van der Waals surface area contributed by atoms with E-state index in [2.05, 4.69) is 0 Å². The fraction of sp³-hybridized carbons (Fsp3) is 0.300. The third-order valence-corrected chi connectivity index (χ3v) is 3.64. The molecule has 0 N–H and O–H groups in total. The molecule has 1 atom stereocenters. The van der Waals surface area contributed by atoms with Gasteiger partial charge in [-0.2, -0.15) is 0 Å². The van der Waals surface area contributed by atoms with Crippen molar-refractivity contribution in [2.45, 2.75) is 12.2 Å². The van der Waals surface area contributed by atoms with Crippen LogP contribution in [0.15, 0.2) is 24.3 Å². The van der Waals surface area contributed by atoms with Crippen LogP contribution in [-0.4, -0.2) is 25.7 Å². The molecule has 0 radical (unpaired) electrons. The summed E-state index contributed by atoms with van der Waals surface area (Å²) < 4.78 is 34.8.